The summed E-state index contributed by atoms with van der Waals surface area (Å²) in [6, 6.07) is 17.2. The monoisotopic (exact) mass is 436 g/mol. The number of methoxy groups -OCH3 is 1. The number of benzene rings is 2. The van der Waals surface area contributed by atoms with Crippen molar-refractivity contribution in [1.82, 2.24) is 4.90 Å². The van der Waals surface area contributed by atoms with Crippen LogP contribution >= 0.6 is 0 Å². The van der Waals surface area contributed by atoms with Crippen LogP contribution in [0.15, 0.2) is 48.5 Å². The van der Waals surface area contributed by atoms with Crippen molar-refractivity contribution in [2.75, 3.05) is 44.8 Å². The minimum Gasteiger partial charge on any atom is -0.496 e. The van der Waals surface area contributed by atoms with E-state index in [0.717, 1.165) is 64.2 Å². The Hall–Kier alpha value is -2.53. The van der Waals surface area contributed by atoms with Crippen molar-refractivity contribution in [2.24, 2.45) is 5.92 Å². The molecule has 0 atom stereocenters. The largest absolute Gasteiger partial charge is 0.496 e. The van der Waals surface area contributed by atoms with Crippen LogP contribution in [0, 0.1) is 5.92 Å². The Morgan fingerprint density at radius 3 is 2.34 bits per heavy atom. The van der Waals surface area contributed by atoms with E-state index in [1.165, 1.54) is 16.8 Å². The minimum absolute atomic E-state index is 0.0293. The minimum atomic E-state index is -0.0293. The standard InChI is InChI=1S/C27H36N2O3/c1-3-32-27(30)22-14-18-29(19-15-22)25-10-6-4-8-23(25)20-28-16-12-21(13-17-28)24-9-5-7-11-26(24)31-2/h4-11,21-22H,3,12-20H2,1-2H3. The molecule has 0 amide bonds. The summed E-state index contributed by atoms with van der Waals surface area (Å²) in [5.41, 5.74) is 4.05. The summed E-state index contributed by atoms with van der Waals surface area (Å²) in [6.07, 6.45) is 4.07. The molecule has 32 heavy (non-hydrogen) atoms. The molecule has 2 aliphatic rings. The number of piperidine rings is 2. The number of nitrogens with zero attached hydrogens (tertiary/aromatic N) is 2. The molecule has 0 radical (unpaired) electrons. The van der Waals surface area contributed by atoms with Gasteiger partial charge in [-0.3, -0.25) is 9.69 Å². The van der Waals surface area contributed by atoms with Gasteiger partial charge in [0.2, 0.25) is 0 Å². The van der Waals surface area contributed by atoms with Crippen molar-refractivity contribution in [3.05, 3.63) is 59.7 Å². The van der Waals surface area contributed by atoms with E-state index in [4.69, 9.17) is 9.47 Å². The quantitative estimate of drug-likeness (QED) is 0.580. The van der Waals surface area contributed by atoms with E-state index in [0.29, 0.717) is 12.5 Å². The molecule has 0 spiro atoms. The van der Waals surface area contributed by atoms with E-state index in [-0.39, 0.29) is 11.9 Å². The third-order valence-corrected chi connectivity index (χ3v) is 7.01. The fraction of sp³-hybridized carbons (Fsp3) is 0.519. The smallest absolute Gasteiger partial charge is 0.309 e. The number of hydrogen-bond acceptors (Lipinski definition) is 5. The Balaban J connectivity index is 1.35. The molecule has 0 aliphatic carbocycles. The predicted octanol–water partition coefficient (Wildman–Crippen LogP) is 4.85. The van der Waals surface area contributed by atoms with E-state index in [1.807, 2.05) is 13.0 Å². The van der Waals surface area contributed by atoms with Crippen molar-refractivity contribution in [2.45, 2.75) is 45.1 Å². The first-order chi connectivity index (χ1) is 15.7. The number of carbonyl (C=O) groups excluding carboxylic acids is 1. The van der Waals surface area contributed by atoms with Gasteiger partial charge in [-0.25, -0.2) is 0 Å². The maximum absolute atomic E-state index is 12.1. The Bertz CT molecular complexity index is 884. The SMILES string of the molecule is CCOC(=O)C1CCN(c2ccccc2CN2CCC(c3ccccc3OC)CC2)CC1. The van der Waals surface area contributed by atoms with Crippen LogP contribution in [0.5, 0.6) is 5.75 Å². The van der Waals surface area contributed by atoms with E-state index in [9.17, 15) is 4.79 Å². The molecule has 0 saturated carbocycles. The lowest BCUT2D eigenvalue weighted by Crippen LogP contribution is -2.38. The van der Waals surface area contributed by atoms with Crippen molar-refractivity contribution < 1.29 is 14.3 Å². The molecule has 0 unspecified atom stereocenters. The highest BCUT2D eigenvalue weighted by molar-refractivity contribution is 5.73. The third kappa shape index (κ3) is 5.26. The normalized spacial score (nSPS) is 18.5. The zero-order valence-corrected chi connectivity index (χ0v) is 19.5. The van der Waals surface area contributed by atoms with Crippen LogP contribution in [0.1, 0.15) is 49.7 Å². The fourth-order valence-corrected chi connectivity index (χ4v) is 5.22. The summed E-state index contributed by atoms with van der Waals surface area (Å²) in [6.45, 7) is 7.35. The molecular weight excluding hydrogens is 400 g/mol. The van der Waals surface area contributed by atoms with Gasteiger partial charge in [0, 0.05) is 25.3 Å². The highest BCUT2D eigenvalue weighted by Crippen LogP contribution is 2.35. The molecule has 172 valence electrons. The average molecular weight is 437 g/mol. The maximum atomic E-state index is 12.1. The van der Waals surface area contributed by atoms with E-state index in [2.05, 4.69) is 52.3 Å². The van der Waals surface area contributed by atoms with Crippen molar-refractivity contribution >= 4 is 11.7 Å². The third-order valence-electron chi connectivity index (χ3n) is 7.01. The van der Waals surface area contributed by atoms with E-state index in [1.54, 1.807) is 7.11 Å². The first-order valence-electron chi connectivity index (χ1n) is 12.0. The molecule has 4 rings (SSSR count). The van der Waals surface area contributed by atoms with Crippen molar-refractivity contribution in [1.29, 1.82) is 0 Å². The molecule has 2 aromatic rings. The van der Waals surface area contributed by atoms with Gasteiger partial charge < -0.3 is 14.4 Å². The molecule has 5 heteroatoms. The predicted molar refractivity (Wildman–Crippen MR) is 128 cm³/mol. The van der Waals surface area contributed by atoms with E-state index >= 15 is 0 Å². The lowest BCUT2D eigenvalue weighted by Gasteiger charge is -2.36. The van der Waals surface area contributed by atoms with Crippen LogP contribution in [0.25, 0.3) is 0 Å². The number of anilines is 1. The molecule has 2 aromatic carbocycles. The Kier molecular flexibility index (Phi) is 7.69. The zero-order chi connectivity index (χ0) is 22.3. The maximum Gasteiger partial charge on any atom is 0.309 e. The lowest BCUT2D eigenvalue weighted by molar-refractivity contribution is -0.148. The van der Waals surface area contributed by atoms with Crippen LogP contribution < -0.4 is 9.64 Å². The second kappa shape index (κ2) is 10.9. The second-order valence-electron chi connectivity index (χ2n) is 8.93. The Labute approximate surface area is 192 Å². The van der Waals surface area contributed by atoms with Crippen molar-refractivity contribution in [3.63, 3.8) is 0 Å². The van der Waals surface area contributed by atoms with Gasteiger partial charge in [0.15, 0.2) is 0 Å². The Morgan fingerprint density at radius 2 is 1.62 bits per heavy atom. The fourth-order valence-electron chi connectivity index (χ4n) is 5.22. The second-order valence-corrected chi connectivity index (χ2v) is 8.93. The van der Waals surface area contributed by atoms with Gasteiger partial charge in [-0.1, -0.05) is 36.4 Å². The van der Waals surface area contributed by atoms with Gasteiger partial charge in [-0.05, 0) is 74.9 Å². The van der Waals surface area contributed by atoms with Gasteiger partial charge in [0.05, 0.1) is 19.6 Å². The molecule has 2 saturated heterocycles. The highest BCUT2D eigenvalue weighted by atomic mass is 16.5. The molecule has 0 bridgehead atoms. The molecule has 2 heterocycles. The van der Waals surface area contributed by atoms with Gasteiger partial charge in [-0.15, -0.1) is 0 Å². The summed E-state index contributed by atoms with van der Waals surface area (Å²) in [5, 5.41) is 0. The number of para-hydroxylation sites is 2. The molecule has 2 aliphatic heterocycles. The van der Waals surface area contributed by atoms with E-state index < -0.39 is 0 Å². The number of esters is 1. The number of likely N-dealkylation sites (tertiary alicyclic amines) is 1. The number of rotatable bonds is 7. The highest BCUT2D eigenvalue weighted by Gasteiger charge is 2.28. The molecule has 0 aromatic heterocycles. The Morgan fingerprint density at radius 1 is 0.938 bits per heavy atom. The van der Waals surface area contributed by atoms with Crippen LogP contribution in [0.2, 0.25) is 0 Å². The summed E-state index contributed by atoms with van der Waals surface area (Å²) in [7, 11) is 1.76. The molecule has 0 N–H and O–H groups in total. The number of carbonyl (C=O) groups is 1. The van der Waals surface area contributed by atoms with Crippen molar-refractivity contribution in [3.8, 4) is 5.75 Å². The topological polar surface area (TPSA) is 42.0 Å². The zero-order valence-electron chi connectivity index (χ0n) is 19.5. The number of hydrogen-bond donors (Lipinski definition) is 0. The van der Waals surface area contributed by atoms with Crippen LogP contribution in [-0.2, 0) is 16.1 Å². The van der Waals surface area contributed by atoms with Crippen LogP contribution in [0.3, 0.4) is 0 Å². The average Bonchev–Trinajstić information content (AvgIpc) is 2.85. The first kappa shape index (κ1) is 22.7. The molecular formula is C27H36N2O3. The lowest BCUT2D eigenvalue weighted by atomic mass is 9.88. The summed E-state index contributed by atoms with van der Waals surface area (Å²) < 4.78 is 10.8. The van der Waals surface area contributed by atoms with Gasteiger partial charge in [0.1, 0.15) is 5.75 Å². The van der Waals surface area contributed by atoms with Gasteiger partial charge in [0.25, 0.3) is 0 Å². The number of ether oxygens (including phenoxy) is 2. The molecule has 2 fully saturated rings. The van der Waals surface area contributed by atoms with Gasteiger partial charge >= 0.3 is 5.97 Å². The summed E-state index contributed by atoms with van der Waals surface area (Å²) in [5.74, 6) is 1.60. The van der Waals surface area contributed by atoms with Gasteiger partial charge in [-0.2, -0.15) is 0 Å². The summed E-state index contributed by atoms with van der Waals surface area (Å²) >= 11 is 0. The van der Waals surface area contributed by atoms with Crippen LogP contribution in [-0.4, -0.2) is 50.8 Å². The first-order valence-corrected chi connectivity index (χ1v) is 12.0. The summed E-state index contributed by atoms with van der Waals surface area (Å²) in [4.78, 5) is 17.1. The molecule has 5 nitrogen and oxygen atoms in total. The van der Waals surface area contributed by atoms with Crippen LogP contribution in [0.4, 0.5) is 5.69 Å².